The molecule has 0 fully saturated rings. The van der Waals surface area contributed by atoms with Gasteiger partial charge in [-0.2, -0.15) is 0 Å². The van der Waals surface area contributed by atoms with Gasteiger partial charge in [-0.25, -0.2) is 8.93 Å². The van der Waals surface area contributed by atoms with Crippen LogP contribution in [0.15, 0.2) is 30.3 Å². The summed E-state index contributed by atoms with van der Waals surface area (Å²) in [5.74, 6) is -0.338. The van der Waals surface area contributed by atoms with E-state index in [-0.39, 0.29) is 5.97 Å². The number of ether oxygens (including phenoxy) is 1. The highest BCUT2D eigenvalue weighted by atomic mass is 32.2. The van der Waals surface area contributed by atoms with Gasteiger partial charge in [-0.1, -0.05) is 30.3 Å². The average molecular weight is 311 g/mol. The molecule has 0 saturated heterocycles. The first-order valence-corrected chi connectivity index (χ1v) is 8.07. The molecule has 1 N–H and O–H groups in total. The van der Waals surface area contributed by atoms with E-state index in [1.165, 1.54) is 7.11 Å². The van der Waals surface area contributed by atoms with Crippen molar-refractivity contribution in [2.45, 2.75) is 45.4 Å². The van der Waals surface area contributed by atoms with E-state index in [1.54, 1.807) is 13.8 Å². The Kier molecular flexibility index (Phi) is 5.70. The van der Waals surface area contributed by atoms with Crippen molar-refractivity contribution in [3.05, 3.63) is 35.9 Å². The van der Waals surface area contributed by atoms with E-state index < -0.39 is 27.2 Å². The van der Waals surface area contributed by atoms with Crippen LogP contribution in [0.4, 0.5) is 0 Å². The van der Waals surface area contributed by atoms with Crippen LogP contribution in [0.1, 0.15) is 46.2 Å². The van der Waals surface area contributed by atoms with Crippen molar-refractivity contribution in [3.63, 3.8) is 0 Å². The molecule has 0 aliphatic heterocycles. The number of carbonyl (C=O) groups excluding carboxylic acids is 1. The van der Waals surface area contributed by atoms with Gasteiger partial charge in [0.05, 0.1) is 34.3 Å². The van der Waals surface area contributed by atoms with Crippen LogP contribution in [0.5, 0.6) is 0 Å². The lowest BCUT2D eigenvalue weighted by Gasteiger charge is -2.34. The summed E-state index contributed by atoms with van der Waals surface area (Å²) in [5.41, 5.74) is 0.0716. The molecule has 1 aromatic rings. The van der Waals surface area contributed by atoms with Gasteiger partial charge in [-0.3, -0.25) is 4.79 Å². The highest BCUT2D eigenvalue weighted by Crippen LogP contribution is 2.35. The average Bonchev–Trinajstić information content (AvgIpc) is 2.43. The molecule has 21 heavy (non-hydrogen) atoms. The zero-order valence-corrected chi connectivity index (χ0v) is 14.4. The van der Waals surface area contributed by atoms with Crippen molar-refractivity contribution in [2.24, 2.45) is 5.41 Å². The topological polar surface area (TPSA) is 55.4 Å². The minimum absolute atomic E-state index is 0.338. The summed E-state index contributed by atoms with van der Waals surface area (Å²) in [6, 6.07) is 9.15. The van der Waals surface area contributed by atoms with Crippen LogP contribution in [0, 0.1) is 5.41 Å². The normalized spacial score (nSPS) is 15.3. The zero-order chi connectivity index (χ0) is 16.3. The van der Waals surface area contributed by atoms with E-state index in [0.29, 0.717) is 0 Å². The third-order valence-electron chi connectivity index (χ3n) is 3.35. The number of rotatable bonds is 5. The Morgan fingerprint density at radius 1 is 1.14 bits per heavy atom. The molecule has 0 radical (unpaired) electrons. The van der Waals surface area contributed by atoms with Crippen molar-refractivity contribution in [1.29, 1.82) is 0 Å². The second kappa shape index (κ2) is 6.71. The lowest BCUT2D eigenvalue weighted by atomic mass is 9.81. The highest BCUT2D eigenvalue weighted by molar-refractivity contribution is 7.84. The van der Waals surface area contributed by atoms with Gasteiger partial charge in [-0.15, -0.1) is 0 Å². The van der Waals surface area contributed by atoms with Crippen LogP contribution in [0.25, 0.3) is 0 Å². The maximum atomic E-state index is 12.5. The third kappa shape index (κ3) is 4.38. The van der Waals surface area contributed by atoms with Gasteiger partial charge >= 0.3 is 5.97 Å². The second-order valence-electron chi connectivity index (χ2n) is 6.56. The summed E-state index contributed by atoms with van der Waals surface area (Å²) in [6.45, 7) is 9.27. The summed E-state index contributed by atoms with van der Waals surface area (Å²) in [4.78, 5) is 12.1. The summed E-state index contributed by atoms with van der Waals surface area (Å²) >= 11 is 0. The van der Waals surface area contributed by atoms with Crippen LogP contribution in [-0.4, -0.2) is 22.0 Å². The number of carbonyl (C=O) groups is 1. The number of hydrogen-bond donors (Lipinski definition) is 1. The Hall–Kier alpha value is -1.20. The van der Waals surface area contributed by atoms with Crippen LogP contribution in [-0.2, 0) is 20.5 Å². The molecule has 0 spiro atoms. The van der Waals surface area contributed by atoms with E-state index in [4.69, 9.17) is 4.74 Å². The van der Waals surface area contributed by atoms with Crippen LogP contribution in [0.3, 0.4) is 0 Å². The van der Waals surface area contributed by atoms with Gasteiger partial charge < -0.3 is 4.74 Å². The lowest BCUT2D eigenvalue weighted by molar-refractivity contribution is -0.152. The van der Waals surface area contributed by atoms with Crippen molar-refractivity contribution in [1.82, 2.24) is 4.72 Å². The molecule has 118 valence electrons. The molecular weight excluding hydrogens is 286 g/mol. The SMILES string of the molecule is COC(=O)C(C)(C)[C@@H](NS(=O)C(C)(C)C)c1ccccc1. The first-order valence-electron chi connectivity index (χ1n) is 6.92. The number of nitrogens with one attached hydrogen (secondary N) is 1. The summed E-state index contributed by atoms with van der Waals surface area (Å²) < 4.78 is 20.0. The number of hydrogen-bond acceptors (Lipinski definition) is 3. The fourth-order valence-corrected chi connectivity index (χ4v) is 2.94. The Bertz CT molecular complexity index is 506. The quantitative estimate of drug-likeness (QED) is 0.851. The van der Waals surface area contributed by atoms with Gasteiger partial charge in [0, 0.05) is 0 Å². The van der Waals surface area contributed by atoms with Crippen LogP contribution in [0.2, 0.25) is 0 Å². The van der Waals surface area contributed by atoms with Crippen LogP contribution >= 0.6 is 0 Å². The molecule has 0 heterocycles. The Labute approximate surface area is 129 Å². The third-order valence-corrected chi connectivity index (χ3v) is 4.91. The molecule has 1 rings (SSSR count). The van der Waals surface area contributed by atoms with Crippen LogP contribution < -0.4 is 4.72 Å². The Morgan fingerprint density at radius 3 is 2.10 bits per heavy atom. The highest BCUT2D eigenvalue weighted by Gasteiger charge is 2.40. The number of methoxy groups -OCH3 is 1. The molecule has 1 aromatic carbocycles. The zero-order valence-electron chi connectivity index (χ0n) is 13.6. The van der Waals surface area contributed by atoms with Crippen molar-refractivity contribution in [2.75, 3.05) is 7.11 Å². The molecule has 0 amide bonds. The smallest absolute Gasteiger partial charge is 0.313 e. The minimum Gasteiger partial charge on any atom is -0.469 e. The monoisotopic (exact) mass is 311 g/mol. The fourth-order valence-electron chi connectivity index (χ4n) is 1.94. The van der Waals surface area contributed by atoms with Crippen molar-refractivity contribution < 1.29 is 13.7 Å². The first-order chi connectivity index (χ1) is 9.60. The molecule has 4 nitrogen and oxygen atoms in total. The first kappa shape index (κ1) is 17.9. The largest absolute Gasteiger partial charge is 0.469 e. The van der Waals surface area contributed by atoms with Gasteiger partial charge in [0.25, 0.3) is 0 Å². The fraction of sp³-hybridized carbons (Fsp3) is 0.562. The molecule has 0 saturated carbocycles. The molecule has 2 atom stereocenters. The van der Waals surface area contributed by atoms with E-state index in [1.807, 2.05) is 51.1 Å². The molecule has 5 heteroatoms. The summed E-state index contributed by atoms with van der Waals surface area (Å²) in [5, 5.41) is 0. The Morgan fingerprint density at radius 2 is 1.67 bits per heavy atom. The number of esters is 1. The second-order valence-corrected chi connectivity index (χ2v) is 8.55. The van der Waals surface area contributed by atoms with Gasteiger partial charge in [-0.05, 0) is 40.2 Å². The summed E-state index contributed by atoms with van der Waals surface area (Å²) in [6.07, 6.45) is 0. The number of benzene rings is 1. The standard InChI is InChI=1S/C16H25NO3S/c1-15(2,3)21(19)17-13(12-10-8-7-9-11-12)16(4,5)14(18)20-6/h7-11,13,17H,1-6H3/t13-,21?/m0/s1. The molecule has 0 aliphatic carbocycles. The van der Waals surface area contributed by atoms with Gasteiger partial charge in [0.15, 0.2) is 0 Å². The van der Waals surface area contributed by atoms with E-state index >= 15 is 0 Å². The summed E-state index contributed by atoms with van der Waals surface area (Å²) in [7, 11) is 0.0772. The lowest BCUT2D eigenvalue weighted by Crippen LogP contribution is -2.45. The maximum Gasteiger partial charge on any atom is 0.313 e. The molecule has 1 unspecified atom stereocenters. The molecule has 0 aromatic heterocycles. The maximum absolute atomic E-state index is 12.5. The molecule has 0 aliphatic rings. The predicted molar refractivity (Wildman–Crippen MR) is 86.0 cm³/mol. The van der Waals surface area contributed by atoms with Gasteiger partial charge in [0.2, 0.25) is 0 Å². The van der Waals surface area contributed by atoms with Crippen molar-refractivity contribution >= 4 is 17.0 Å². The van der Waals surface area contributed by atoms with E-state index in [0.717, 1.165) is 5.56 Å². The van der Waals surface area contributed by atoms with E-state index in [9.17, 15) is 9.00 Å². The predicted octanol–water partition coefficient (Wildman–Crippen LogP) is 2.98. The van der Waals surface area contributed by atoms with E-state index in [2.05, 4.69) is 4.72 Å². The molecule has 0 bridgehead atoms. The van der Waals surface area contributed by atoms with Gasteiger partial charge in [0.1, 0.15) is 0 Å². The molecular formula is C16H25NO3S. The minimum atomic E-state index is -1.29. The Balaban J connectivity index is 3.19. The van der Waals surface area contributed by atoms with Crippen molar-refractivity contribution in [3.8, 4) is 0 Å².